The van der Waals surface area contributed by atoms with Crippen LogP contribution in [0.25, 0.3) is 5.69 Å². The van der Waals surface area contributed by atoms with E-state index >= 15 is 0 Å². The molecule has 2 aliphatic heterocycles. The summed E-state index contributed by atoms with van der Waals surface area (Å²) in [4.78, 5) is 22.1. The van der Waals surface area contributed by atoms with Crippen molar-refractivity contribution in [3.05, 3.63) is 107 Å². The molecule has 12 nitrogen and oxygen atoms in total. The molecular weight excluding hydrogens is 700 g/mol. The second-order valence-electron chi connectivity index (χ2n) is 13.5. The number of rotatable bonds is 13. The molecule has 3 aromatic carbocycles. The standard InChI is InChI=1S/C38H45ClN8O4S/c1-5-28(4)47-37(48)45(26-42-47)33-12-10-31(11-13-33)43-18-20-44(21-19-43)32-14-16-34(17-15-32)49-22-35-23-50-38(51-35,29-6-8-30(39)9-7-29)24-52-36-40-25-41-46(36)27(2)3/h6-17,25-28,35H,5,18-24H2,1-4H3. The van der Waals surface area contributed by atoms with Gasteiger partial charge in [-0.1, -0.05) is 42.4 Å². The van der Waals surface area contributed by atoms with Gasteiger partial charge in [-0.3, -0.25) is 0 Å². The number of hydrogen-bond donors (Lipinski definition) is 0. The topological polar surface area (TPSA) is 105 Å². The van der Waals surface area contributed by atoms with Crippen LogP contribution in [0.4, 0.5) is 11.4 Å². The van der Waals surface area contributed by atoms with Crippen LogP contribution in [0.2, 0.25) is 5.02 Å². The molecule has 3 atom stereocenters. The van der Waals surface area contributed by atoms with Crippen molar-refractivity contribution in [3.8, 4) is 11.4 Å². The summed E-state index contributed by atoms with van der Waals surface area (Å²) in [5, 5.41) is 10.1. The molecule has 2 fully saturated rings. The minimum atomic E-state index is -0.970. The summed E-state index contributed by atoms with van der Waals surface area (Å²) in [5.74, 6) is 0.307. The Morgan fingerprint density at radius 3 is 2.15 bits per heavy atom. The van der Waals surface area contributed by atoms with Crippen molar-refractivity contribution in [1.82, 2.24) is 29.1 Å². The van der Waals surface area contributed by atoms with Gasteiger partial charge in [-0.05, 0) is 87.9 Å². The predicted molar refractivity (Wildman–Crippen MR) is 204 cm³/mol. The van der Waals surface area contributed by atoms with Crippen molar-refractivity contribution >= 4 is 34.7 Å². The molecule has 3 unspecified atom stereocenters. The molecule has 52 heavy (non-hydrogen) atoms. The zero-order valence-corrected chi connectivity index (χ0v) is 31.5. The molecule has 0 bridgehead atoms. The van der Waals surface area contributed by atoms with Gasteiger partial charge >= 0.3 is 5.69 Å². The molecule has 2 aromatic heterocycles. The Balaban J connectivity index is 0.918. The van der Waals surface area contributed by atoms with E-state index in [0.717, 1.165) is 66.1 Å². The van der Waals surface area contributed by atoms with Gasteiger partial charge in [-0.2, -0.15) is 10.2 Å². The molecular formula is C38H45ClN8O4S. The second kappa shape index (κ2) is 15.7. The largest absolute Gasteiger partial charge is 0.491 e. The Morgan fingerprint density at radius 1 is 0.885 bits per heavy atom. The molecule has 0 amide bonds. The lowest BCUT2D eigenvalue weighted by molar-refractivity contribution is -0.160. The summed E-state index contributed by atoms with van der Waals surface area (Å²) in [7, 11) is 0. The van der Waals surface area contributed by atoms with Crippen molar-refractivity contribution in [1.29, 1.82) is 0 Å². The number of aromatic nitrogens is 6. The lowest BCUT2D eigenvalue weighted by atomic mass is 10.1. The number of benzene rings is 3. The zero-order valence-electron chi connectivity index (χ0n) is 30.0. The van der Waals surface area contributed by atoms with Crippen molar-refractivity contribution < 1.29 is 14.2 Å². The van der Waals surface area contributed by atoms with Gasteiger partial charge in [0.05, 0.1) is 24.1 Å². The van der Waals surface area contributed by atoms with E-state index in [9.17, 15) is 4.79 Å². The predicted octanol–water partition coefficient (Wildman–Crippen LogP) is 6.60. The Hall–Kier alpha value is -4.30. The van der Waals surface area contributed by atoms with Gasteiger partial charge in [-0.25, -0.2) is 23.7 Å². The van der Waals surface area contributed by atoms with Crippen LogP contribution in [0.5, 0.6) is 5.75 Å². The number of piperazine rings is 1. The maximum Gasteiger partial charge on any atom is 0.350 e. The average molecular weight is 745 g/mol. The molecule has 0 saturated carbocycles. The molecule has 0 N–H and O–H groups in total. The maximum atomic E-state index is 12.8. The number of thioether (sulfide) groups is 1. The van der Waals surface area contributed by atoms with Crippen LogP contribution in [0.15, 0.2) is 95.4 Å². The van der Waals surface area contributed by atoms with Crippen LogP contribution in [0, 0.1) is 0 Å². The molecule has 4 heterocycles. The van der Waals surface area contributed by atoms with Gasteiger partial charge in [0.15, 0.2) is 5.16 Å². The summed E-state index contributed by atoms with van der Waals surface area (Å²) in [5.41, 5.74) is 3.91. The quantitative estimate of drug-likeness (QED) is 0.123. The van der Waals surface area contributed by atoms with E-state index in [-0.39, 0.29) is 23.9 Å². The normalized spacial score (nSPS) is 19.8. The van der Waals surface area contributed by atoms with Crippen molar-refractivity contribution in [3.63, 3.8) is 0 Å². The van der Waals surface area contributed by atoms with Crippen molar-refractivity contribution in [2.24, 2.45) is 0 Å². The highest BCUT2D eigenvalue weighted by Crippen LogP contribution is 2.40. The first kappa shape index (κ1) is 36.1. The first-order valence-corrected chi connectivity index (χ1v) is 19.2. The Labute approximate surface area is 313 Å². The monoisotopic (exact) mass is 744 g/mol. The van der Waals surface area contributed by atoms with Crippen LogP contribution in [-0.2, 0) is 15.3 Å². The van der Waals surface area contributed by atoms with E-state index < -0.39 is 5.79 Å². The van der Waals surface area contributed by atoms with E-state index in [4.69, 9.17) is 25.8 Å². The Kier molecular flexibility index (Phi) is 10.9. The maximum absolute atomic E-state index is 12.8. The summed E-state index contributed by atoms with van der Waals surface area (Å²) >= 11 is 7.76. The van der Waals surface area contributed by atoms with Crippen molar-refractivity contribution in [2.45, 2.75) is 63.2 Å². The van der Waals surface area contributed by atoms with Gasteiger partial charge in [0.1, 0.15) is 31.1 Å². The van der Waals surface area contributed by atoms with E-state index in [0.29, 0.717) is 24.0 Å². The summed E-state index contributed by atoms with van der Waals surface area (Å²) in [6.07, 6.45) is 3.77. The van der Waals surface area contributed by atoms with Gasteiger partial charge in [0.25, 0.3) is 0 Å². The SMILES string of the molecule is CCC(C)n1ncn(-c2ccc(N3CCN(c4ccc(OCC5COC(CSc6ncnn6C(C)C)(c6ccc(Cl)cc6)O5)cc4)CC3)cc2)c1=O. The summed E-state index contributed by atoms with van der Waals surface area (Å²) in [6.45, 7) is 12.6. The van der Waals surface area contributed by atoms with Gasteiger partial charge in [0, 0.05) is 54.2 Å². The van der Waals surface area contributed by atoms with Crippen LogP contribution < -0.4 is 20.2 Å². The third kappa shape index (κ3) is 7.73. The molecule has 14 heteroatoms. The first-order chi connectivity index (χ1) is 25.2. The highest BCUT2D eigenvalue weighted by molar-refractivity contribution is 7.99. The molecule has 0 aliphatic carbocycles. The zero-order chi connectivity index (χ0) is 36.2. The number of ether oxygens (including phenoxy) is 3. The lowest BCUT2D eigenvalue weighted by Gasteiger charge is -2.37. The fourth-order valence-electron chi connectivity index (χ4n) is 6.48. The third-order valence-electron chi connectivity index (χ3n) is 9.68. The highest BCUT2D eigenvalue weighted by atomic mass is 35.5. The number of nitrogens with zero attached hydrogens (tertiary/aromatic N) is 8. The summed E-state index contributed by atoms with van der Waals surface area (Å²) in [6, 6.07) is 24.3. The molecule has 274 valence electrons. The minimum absolute atomic E-state index is 0.0672. The highest BCUT2D eigenvalue weighted by Gasteiger charge is 2.44. The van der Waals surface area contributed by atoms with Crippen LogP contribution >= 0.6 is 23.4 Å². The van der Waals surface area contributed by atoms with Gasteiger partial charge < -0.3 is 24.0 Å². The average Bonchev–Trinajstić information content (AvgIpc) is 3.93. The minimum Gasteiger partial charge on any atom is -0.491 e. The number of hydrogen-bond acceptors (Lipinski definition) is 10. The second-order valence-corrected chi connectivity index (χ2v) is 14.8. The number of halogens is 1. The van der Waals surface area contributed by atoms with Crippen LogP contribution in [-0.4, -0.2) is 80.4 Å². The van der Waals surface area contributed by atoms with E-state index in [1.807, 2.05) is 60.1 Å². The third-order valence-corrected chi connectivity index (χ3v) is 11.0. The smallest absolute Gasteiger partial charge is 0.350 e. The van der Waals surface area contributed by atoms with E-state index in [2.05, 4.69) is 70.0 Å². The number of anilines is 2. The molecule has 2 aliphatic rings. The van der Waals surface area contributed by atoms with Gasteiger partial charge in [-0.15, -0.1) is 0 Å². The van der Waals surface area contributed by atoms with Crippen LogP contribution in [0.1, 0.15) is 51.8 Å². The van der Waals surface area contributed by atoms with E-state index in [1.165, 1.54) is 0 Å². The molecule has 0 spiro atoms. The van der Waals surface area contributed by atoms with Crippen LogP contribution in [0.3, 0.4) is 0 Å². The fourth-order valence-corrected chi connectivity index (χ4v) is 7.75. The Morgan fingerprint density at radius 2 is 1.52 bits per heavy atom. The van der Waals surface area contributed by atoms with E-state index in [1.54, 1.807) is 33.7 Å². The summed E-state index contributed by atoms with van der Waals surface area (Å²) < 4.78 is 24.3. The van der Waals surface area contributed by atoms with Gasteiger partial charge in [0.2, 0.25) is 5.79 Å². The Bertz CT molecular complexity index is 1970. The molecule has 2 saturated heterocycles. The molecule has 7 rings (SSSR count). The molecule has 5 aromatic rings. The van der Waals surface area contributed by atoms with Crippen molar-refractivity contribution in [2.75, 3.05) is 54.9 Å². The lowest BCUT2D eigenvalue weighted by Crippen LogP contribution is -2.46. The first-order valence-electron chi connectivity index (χ1n) is 17.8. The molecule has 0 radical (unpaired) electrons. The fraction of sp³-hybridized carbons (Fsp3) is 0.421.